The summed E-state index contributed by atoms with van der Waals surface area (Å²) in [6.07, 6.45) is 1.70. The summed E-state index contributed by atoms with van der Waals surface area (Å²) in [5, 5.41) is 0.782. The molecule has 2 unspecified atom stereocenters. The van der Waals surface area contributed by atoms with Crippen LogP contribution in [0.1, 0.15) is 20.3 Å². The van der Waals surface area contributed by atoms with Gasteiger partial charge in [-0.2, -0.15) is 0 Å². The van der Waals surface area contributed by atoms with Gasteiger partial charge in [0.15, 0.2) is 0 Å². The van der Waals surface area contributed by atoms with Gasteiger partial charge in [0.1, 0.15) is 0 Å². The van der Waals surface area contributed by atoms with Gasteiger partial charge in [-0.05, 0) is 12.3 Å². The molecule has 0 spiro atoms. The SMILES string of the molecule is CC[C@@H]1O[C@@H]2[B]SC2C1C. The minimum Gasteiger partial charge on any atom is -0.381 e. The molecule has 1 nitrogen and oxygen atoms in total. The molecular formula is C7H12BOS. The molecule has 2 fully saturated rings. The third-order valence-electron chi connectivity index (χ3n) is 2.53. The Morgan fingerprint density at radius 1 is 1.60 bits per heavy atom. The van der Waals surface area contributed by atoms with Gasteiger partial charge >= 0.3 is 0 Å². The smallest absolute Gasteiger partial charge is 0.230 e. The van der Waals surface area contributed by atoms with Crippen LogP contribution in [0.25, 0.3) is 0 Å². The Hall–Kier alpha value is 0.375. The summed E-state index contributed by atoms with van der Waals surface area (Å²) in [5.41, 5.74) is 0. The van der Waals surface area contributed by atoms with Gasteiger partial charge < -0.3 is 4.74 Å². The third kappa shape index (κ3) is 0.834. The van der Waals surface area contributed by atoms with Crippen LogP contribution in [0.5, 0.6) is 0 Å². The fraction of sp³-hybridized carbons (Fsp3) is 1.00. The molecule has 0 saturated carbocycles. The average molecular weight is 155 g/mol. The predicted molar refractivity (Wildman–Crippen MR) is 45.2 cm³/mol. The lowest BCUT2D eigenvalue weighted by atomic mass is 9.87. The maximum Gasteiger partial charge on any atom is 0.230 e. The van der Waals surface area contributed by atoms with Crippen LogP contribution in [0.15, 0.2) is 0 Å². The first kappa shape index (κ1) is 7.05. The number of hydrogen-bond acceptors (Lipinski definition) is 2. The summed E-state index contributed by atoms with van der Waals surface area (Å²) in [6, 6.07) is 0.491. The first-order chi connectivity index (χ1) is 4.83. The van der Waals surface area contributed by atoms with Crippen molar-refractivity contribution in [1.82, 2.24) is 0 Å². The van der Waals surface area contributed by atoms with Gasteiger partial charge in [-0.25, -0.2) is 11.6 Å². The average Bonchev–Trinajstić information content (AvgIpc) is 2.05. The summed E-state index contributed by atoms with van der Waals surface area (Å²) in [4.78, 5) is 0. The Morgan fingerprint density at radius 2 is 2.40 bits per heavy atom. The quantitative estimate of drug-likeness (QED) is 0.530. The zero-order chi connectivity index (χ0) is 7.14. The maximum atomic E-state index is 5.75. The maximum absolute atomic E-state index is 5.75. The molecule has 55 valence electrons. The van der Waals surface area contributed by atoms with E-state index in [2.05, 4.69) is 20.4 Å². The van der Waals surface area contributed by atoms with E-state index in [1.807, 2.05) is 11.6 Å². The molecule has 1 radical (unpaired) electrons. The second-order valence-corrected chi connectivity index (χ2v) is 4.23. The molecule has 0 aliphatic carbocycles. The lowest BCUT2D eigenvalue weighted by molar-refractivity contribution is 0.0708. The molecule has 2 aliphatic heterocycles. The molecule has 4 atom stereocenters. The van der Waals surface area contributed by atoms with Crippen molar-refractivity contribution in [3.8, 4) is 0 Å². The summed E-state index contributed by atoms with van der Waals surface area (Å²) in [6.45, 7) is 6.73. The Morgan fingerprint density at radius 3 is 2.70 bits per heavy atom. The molecule has 2 saturated heterocycles. The highest BCUT2D eigenvalue weighted by atomic mass is 32.2. The molecule has 0 aromatic heterocycles. The van der Waals surface area contributed by atoms with Gasteiger partial charge in [-0.15, -0.1) is 0 Å². The van der Waals surface area contributed by atoms with Gasteiger partial charge in [-0.1, -0.05) is 13.8 Å². The molecule has 2 rings (SSSR count). The van der Waals surface area contributed by atoms with Gasteiger partial charge in [0.2, 0.25) is 6.56 Å². The summed E-state index contributed by atoms with van der Waals surface area (Å²) in [5.74, 6) is 0.769. The van der Waals surface area contributed by atoms with E-state index in [1.165, 1.54) is 6.42 Å². The van der Waals surface area contributed by atoms with E-state index in [0.29, 0.717) is 12.1 Å². The number of hydrogen-bond donors (Lipinski definition) is 0. The van der Waals surface area contributed by atoms with E-state index in [0.717, 1.165) is 11.2 Å². The Balaban J connectivity index is 2.02. The van der Waals surface area contributed by atoms with Crippen LogP contribution in [0.4, 0.5) is 0 Å². The highest BCUT2D eigenvalue weighted by Crippen LogP contribution is 2.43. The van der Waals surface area contributed by atoms with Crippen molar-refractivity contribution < 1.29 is 4.74 Å². The second kappa shape index (κ2) is 2.45. The van der Waals surface area contributed by atoms with Crippen molar-refractivity contribution in [2.45, 2.75) is 37.6 Å². The largest absolute Gasteiger partial charge is 0.381 e. The standard InChI is InChI=1S/C7H12BOS/c1-3-5-4(2)6-7(9-5)8-10-6/h4-7H,3H2,1-2H3/t4?,5-,6?,7-/m0/s1. The van der Waals surface area contributed by atoms with Crippen molar-refractivity contribution in [2.75, 3.05) is 0 Å². The van der Waals surface area contributed by atoms with Crippen LogP contribution < -0.4 is 0 Å². The predicted octanol–water partition coefficient (Wildman–Crippen LogP) is 1.49. The van der Waals surface area contributed by atoms with Crippen molar-refractivity contribution >= 4 is 18.2 Å². The first-order valence-electron chi connectivity index (χ1n) is 3.97. The third-order valence-corrected chi connectivity index (χ3v) is 3.97. The van der Waals surface area contributed by atoms with E-state index in [9.17, 15) is 0 Å². The van der Waals surface area contributed by atoms with E-state index in [4.69, 9.17) is 4.74 Å². The molecule has 2 heterocycles. The zero-order valence-electron chi connectivity index (χ0n) is 6.41. The normalized spacial score (nSPS) is 51.4. The Labute approximate surface area is 67.0 Å². The monoisotopic (exact) mass is 155 g/mol. The number of fused-ring (bicyclic) bond motifs is 1. The van der Waals surface area contributed by atoms with E-state index >= 15 is 0 Å². The summed E-state index contributed by atoms with van der Waals surface area (Å²) < 4.78 is 5.75. The molecule has 10 heavy (non-hydrogen) atoms. The molecule has 2 aliphatic rings. The highest BCUT2D eigenvalue weighted by Gasteiger charge is 2.47. The van der Waals surface area contributed by atoms with E-state index < -0.39 is 0 Å². The van der Waals surface area contributed by atoms with Crippen molar-refractivity contribution in [3.63, 3.8) is 0 Å². The molecule has 0 aromatic carbocycles. The summed E-state index contributed by atoms with van der Waals surface area (Å²) in [7, 11) is 0. The number of ether oxygens (including phenoxy) is 1. The molecule has 3 heteroatoms. The van der Waals surface area contributed by atoms with Crippen molar-refractivity contribution in [3.05, 3.63) is 0 Å². The van der Waals surface area contributed by atoms with Crippen LogP contribution in [0.3, 0.4) is 0 Å². The van der Waals surface area contributed by atoms with Gasteiger partial charge in [0.25, 0.3) is 0 Å². The van der Waals surface area contributed by atoms with E-state index in [-0.39, 0.29) is 0 Å². The van der Waals surface area contributed by atoms with Crippen LogP contribution in [-0.4, -0.2) is 23.9 Å². The van der Waals surface area contributed by atoms with Crippen molar-refractivity contribution in [1.29, 1.82) is 0 Å². The van der Waals surface area contributed by atoms with Crippen LogP contribution in [0.2, 0.25) is 0 Å². The van der Waals surface area contributed by atoms with Gasteiger partial charge in [0, 0.05) is 5.25 Å². The minimum absolute atomic E-state index is 0.491. The topological polar surface area (TPSA) is 9.23 Å². The fourth-order valence-electron chi connectivity index (χ4n) is 1.77. The van der Waals surface area contributed by atoms with Gasteiger partial charge in [-0.3, -0.25) is 0 Å². The van der Waals surface area contributed by atoms with Crippen LogP contribution in [-0.2, 0) is 4.74 Å². The number of rotatable bonds is 1. The van der Waals surface area contributed by atoms with Crippen LogP contribution >= 0.6 is 11.6 Å². The molecule has 0 N–H and O–H groups in total. The summed E-state index contributed by atoms with van der Waals surface area (Å²) >= 11 is 1.95. The zero-order valence-corrected chi connectivity index (χ0v) is 7.23. The fourth-order valence-corrected chi connectivity index (χ4v) is 2.79. The Kier molecular flexibility index (Phi) is 1.73. The molecule has 0 bridgehead atoms. The second-order valence-electron chi connectivity index (χ2n) is 3.14. The first-order valence-corrected chi connectivity index (χ1v) is 4.91. The molecule has 0 aromatic rings. The molecular weight excluding hydrogens is 143 g/mol. The van der Waals surface area contributed by atoms with Crippen molar-refractivity contribution in [2.24, 2.45) is 5.92 Å². The van der Waals surface area contributed by atoms with E-state index in [1.54, 1.807) is 0 Å². The van der Waals surface area contributed by atoms with Crippen LogP contribution in [0, 0.1) is 5.92 Å². The molecule has 0 amide bonds. The minimum atomic E-state index is 0.491. The Bertz CT molecular complexity index is 142. The lowest BCUT2D eigenvalue weighted by Crippen LogP contribution is -2.37. The lowest BCUT2D eigenvalue weighted by Gasteiger charge is -2.29. The highest BCUT2D eigenvalue weighted by molar-refractivity contribution is 8.25. The van der Waals surface area contributed by atoms with Gasteiger partial charge in [0.05, 0.1) is 12.1 Å².